The lowest BCUT2D eigenvalue weighted by atomic mass is 10.2. The van der Waals surface area contributed by atoms with Gasteiger partial charge in [-0.1, -0.05) is 48.5 Å². The number of fused-ring (bicyclic) bond motifs is 1. The third kappa shape index (κ3) is 3.71. The molecule has 148 valence electrons. The van der Waals surface area contributed by atoms with Gasteiger partial charge in [0.2, 0.25) is 11.7 Å². The lowest BCUT2D eigenvalue weighted by molar-refractivity contribution is 0.0513. The van der Waals surface area contributed by atoms with Gasteiger partial charge in [-0.25, -0.2) is 9.78 Å². The fraction of sp³-hybridized carbons (Fsp3) is 0.227. The number of benzene rings is 2. The molecule has 1 aliphatic rings. The van der Waals surface area contributed by atoms with Gasteiger partial charge in [0.25, 0.3) is 5.56 Å². The Hall–Kier alpha value is -3.61. The first-order valence-corrected chi connectivity index (χ1v) is 9.50. The molecule has 4 rings (SSSR count). The van der Waals surface area contributed by atoms with Crippen molar-refractivity contribution >= 4 is 17.6 Å². The Morgan fingerprint density at radius 2 is 1.72 bits per heavy atom. The average Bonchev–Trinajstić information content (AvgIpc) is 3.19. The maximum atomic E-state index is 13.2. The van der Waals surface area contributed by atoms with Crippen LogP contribution in [0.15, 0.2) is 65.5 Å². The van der Waals surface area contributed by atoms with Gasteiger partial charge in [-0.2, -0.15) is 0 Å². The highest BCUT2D eigenvalue weighted by Gasteiger charge is 2.30. The Morgan fingerprint density at radius 1 is 1.03 bits per heavy atom. The van der Waals surface area contributed by atoms with Crippen molar-refractivity contribution in [1.82, 2.24) is 9.55 Å². The SMILES string of the molecule is CCOC(=O)c1nc2n(c(=O)c1OCc1ccccc1)CCN2c1ccccc1. The van der Waals surface area contributed by atoms with Crippen molar-refractivity contribution < 1.29 is 14.3 Å². The summed E-state index contributed by atoms with van der Waals surface area (Å²) >= 11 is 0. The zero-order valence-corrected chi connectivity index (χ0v) is 16.1. The third-order valence-electron chi connectivity index (χ3n) is 4.66. The first-order valence-electron chi connectivity index (χ1n) is 9.50. The molecular weight excluding hydrogens is 370 g/mol. The van der Waals surface area contributed by atoms with E-state index in [1.165, 1.54) is 4.57 Å². The van der Waals surface area contributed by atoms with E-state index in [0.717, 1.165) is 11.3 Å². The number of para-hydroxylation sites is 1. The molecule has 0 unspecified atom stereocenters. The van der Waals surface area contributed by atoms with E-state index in [1.54, 1.807) is 6.92 Å². The van der Waals surface area contributed by atoms with E-state index >= 15 is 0 Å². The van der Waals surface area contributed by atoms with E-state index in [-0.39, 0.29) is 30.2 Å². The van der Waals surface area contributed by atoms with Crippen molar-refractivity contribution in [3.05, 3.63) is 82.3 Å². The molecule has 0 spiro atoms. The molecule has 1 aromatic heterocycles. The molecule has 3 aromatic rings. The van der Waals surface area contributed by atoms with E-state index in [9.17, 15) is 9.59 Å². The minimum Gasteiger partial charge on any atom is -0.481 e. The van der Waals surface area contributed by atoms with Gasteiger partial charge in [0, 0.05) is 18.8 Å². The van der Waals surface area contributed by atoms with Crippen LogP contribution in [0.2, 0.25) is 0 Å². The summed E-state index contributed by atoms with van der Waals surface area (Å²) in [6, 6.07) is 19.1. The number of carbonyl (C=O) groups excluding carboxylic acids is 1. The molecule has 0 bridgehead atoms. The smallest absolute Gasteiger partial charge is 0.361 e. The molecule has 0 fully saturated rings. The van der Waals surface area contributed by atoms with Gasteiger partial charge in [-0.05, 0) is 24.6 Å². The number of hydrogen-bond acceptors (Lipinski definition) is 6. The summed E-state index contributed by atoms with van der Waals surface area (Å²) in [7, 11) is 0. The van der Waals surface area contributed by atoms with E-state index in [0.29, 0.717) is 19.0 Å². The summed E-state index contributed by atoms with van der Waals surface area (Å²) in [6.45, 7) is 3.09. The number of ether oxygens (including phenoxy) is 2. The first-order chi connectivity index (χ1) is 14.2. The van der Waals surface area contributed by atoms with Crippen molar-refractivity contribution in [1.29, 1.82) is 0 Å². The molecule has 1 aliphatic heterocycles. The molecule has 7 heteroatoms. The quantitative estimate of drug-likeness (QED) is 0.601. The Kier molecular flexibility index (Phi) is 5.29. The van der Waals surface area contributed by atoms with Crippen LogP contribution in [0.25, 0.3) is 0 Å². The normalized spacial score (nSPS) is 12.5. The van der Waals surface area contributed by atoms with Crippen LogP contribution in [-0.2, 0) is 17.9 Å². The zero-order valence-electron chi connectivity index (χ0n) is 16.1. The Balaban J connectivity index is 1.75. The number of rotatable bonds is 6. The second-order valence-corrected chi connectivity index (χ2v) is 6.53. The molecule has 0 saturated carbocycles. The maximum absolute atomic E-state index is 13.2. The number of anilines is 2. The van der Waals surface area contributed by atoms with Crippen molar-refractivity contribution in [2.45, 2.75) is 20.1 Å². The molecule has 0 N–H and O–H groups in total. The standard InChI is InChI=1S/C22H21N3O4/c1-2-28-21(27)18-19(29-15-16-9-5-3-6-10-16)20(26)25-14-13-24(22(25)23-18)17-11-7-4-8-12-17/h3-12H,2,13-15H2,1H3. The van der Waals surface area contributed by atoms with Crippen molar-refractivity contribution in [2.24, 2.45) is 0 Å². The molecule has 2 heterocycles. The van der Waals surface area contributed by atoms with E-state index < -0.39 is 5.97 Å². The predicted molar refractivity (Wildman–Crippen MR) is 109 cm³/mol. The number of esters is 1. The summed E-state index contributed by atoms with van der Waals surface area (Å²) < 4.78 is 12.4. The lowest BCUT2D eigenvalue weighted by Gasteiger charge is -2.18. The minimum atomic E-state index is -0.670. The van der Waals surface area contributed by atoms with Crippen LogP contribution in [-0.4, -0.2) is 28.7 Å². The molecular formula is C22H21N3O4. The van der Waals surface area contributed by atoms with Gasteiger partial charge in [0.1, 0.15) is 6.61 Å². The summed E-state index contributed by atoms with van der Waals surface area (Å²) in [4.78, 5) is 32.1. The highest BCUT2D eigenvalue weighted by Crippen LogP contribution is 2.29. The summed E-state index contributed by atoms with van der Waals surface area (Å²) in [6.07, 6.45) is 0. The third-order valence-corrected chi connectivity index (χ3v) is 4.66. The van der Waals surface area contributed by atoms with Crippen LogP contribution in [0.4, 0.5) is 11.6 Å². The van der Waals surface area contributed by atoms with Crippen LogP contribution >= 0.6 is 0 Å². The first kappa shape index (κ1) is 18.7. The highest BCUT2D eigenvalue weighted by atomic mass is 16.5. The van der Waals surface area contributed by atoms with E-state index in [2.05, 4.69) is 4.98 Å². The monoisotopic (exact) mass is 391 g/mol. The molecule has 0 radical (unpaired) electrons. The van der Waals surface area contributed by atoms with Crippen molar-refractivity contribution in [3.63, 3.8) is 0 Å². The summed E-state index contributed by atoms with van der Waals surface area (Å²) in [5.74, 6) is -0.335. The minimum absolute atomic E-state index is 0.0778. The van der Waals surface area contributed by atoms with Crippen LogP contribution in [0.1, 0.15) is 23.0 Å². The predicted octanol–water partition coefficient (Wildman–Crippen LogP) is 3.15. The topological polar surface area (TPSA) is 73.7 Å². The number of carbonyl (C=O) groups is 1. The largest absolute Gasteiger partial charge is 0.481 e. The summed E-state index contributed by atoms with van der Waals surface area (Å²) in [5.41, 5.74) is 1.31. The Morgan fingerprint density at radius 3 is 2.41 bits per heavy atom. The van der Waals surface area contributed by atoms with Crippen LogP contribution in [0, 0.1) is 0 Å². The molecule has 0 atom stereocenters. The molecule has 29 heavy (non-hydrogen) atoms. The molecule has 0 saturated heterocycles. The van der Waals surface area contributed by atoms with E-state index in [1.807, 2.05) is 65.6 Å². The van der Waals surface area contributed by atoms with Gasteiger partial charge in [0.15, 0.2) is 5.69 Å². The van der Waals surface area contributed by atoms with Gasteiger partial charge < -0.3 is 14.4 Å². The Bertz CT molecular complexity index is 1060. The average molecular weight is 391 g/mol. The summed E-state index contributed by atoms with van der Waals surface area (Å²) in [5, 5.41) is 0. The second kappa shape index (κ2) is 8.18. The van der Waals surface area contributed by atoms with Crippen LogP contribution in [0.3, 0.4) is 0 Å². The van der Waals surface area contributed by atoms with Gasteiger partial charge in [0.05, 0.1) is 6.61 Å². The number of hydrogen-bond donors (Lipinski definition) is 0. The number of aromatic nitrogens is 2. The van der Waals surface area contributed by atoms with E-state index in [4.69, 9.17) is 9.47 Å². The van der Waals surface area contributed by atoms with Crippen LogP contribution < -0.4 is 15.2 Å². The fourth-order valence-corrected chi connectivity index (χ4v) is 3.28. The van der Waals surface area contributed by atoms with Crippen molar-refractivity contribution in [3.8, 4) is 5.75 Å². The highest BCUT2D eigenvalue weighted by molar-refractivity contribution is 5.90. The fourth-order valence-electron chi connectivity index (χ4n) is 3.28. The Labute approximate surface area is 168 Å². The molecule has 7 nitrogen and oxygen atoms in total. The van der Waals surface area contributed by atoms with Gasteiger partial charge in [-0.15, -0.1) is 0 Å². The van der Waals surface area contributed by atoms with Gasteiger partial charge >= 0.3 is 5.97 Å². The maximum Gasteiger partial charge on any atom is 0.361 e. The molecule has 0 amide bonds. The number of nitrogens with zero attached hydrogens (tertiary/aromatic N) is 3. The van der Waals surface area contributed by atoms with Crippen LogP contribution in [0.5, 0.6) is 5.75 Å². The van der Waals surface area contributed by atoms with Gasteiger partial charge in [-0.3, -0.25) is 9.36 Å². The zero-order chi connectivity index (χ0) is 20.2. The molecule has 0 aliphatic carbocycles. The second-order valence-electron chi connectivity index (χ2n) is 6.53. The molecule has 2 aromatic carbocycles. The lowest BCUT2D eigenvalue weighted by Crippen LogP contribution is -2.26. The van der Waals surface area contributed by atoms with Crippen molar-refractivity contribution in [2.75, 3.05) is 18.1 Å².